The van der Waals surface area contributed by atoms with Crippen molar-refractivity contribution >= 4 is 0 Å². The molecule has 0 radical (unpaired) electrons. The maximum atomic E-state index is 9.46. The minimum absolute atomic E-state index is 0.161. The number of para-hydroxylation sites is 1. The monoisotopic (exact) mass is 265 g/mol. The van der Waals surface area contributed by atoms with E-state index < -0.39 is 0 Å². The van der Waals surface area contributed by atoms with Crippen LogP contribution >= 0.6 is 0 Å². The smallest absolute Gasteiger partial charge is 0.124 e. The second-order valence-electron chi connectivity index (χ2n) is 5.81. The molecule has 1 aromatic rings. The highest BCUT2D eigenvalue weighted by Gasteiger charge is 2.24. The highest BCUT2D eigenvalue weighted by atomic mass is 16.5. The maximum Gasteiger partial charge on any atom is 0.124 e. The van der Waals surface area contributed by atoms with Gasteiger partial charge in [0.25, 0.3) is 0 Å². The van der Waals surface area contributed by atoms with E-state index in [0.29, 0.717) is 12.5 Å². The molecule has 3 heteroatoms. The van der Waals surface area contributed by atoms with E-state index in [-0.39, 0.29) is 18.6 Å². The molecule has 1 aromatic carbocycles. The fraction of sp³-hybridized carbons (Fsp3) is 0.625. The Kier molecular flexibility index (Phi) is 6.32. The second kappa shape index (κ2) is 7.51. The second-order valence-corrected chi connectivity index (χ2v) is 5.81. The van der Waals surface area contributed by atoms with Crippen LogP contribution in [0.4, 0.5) is 0 Å². The van der Waals surface area contributed by atoms with Gasteiger partial charge in [-0.2, -0.15) is 0 Å². The van der Waals surface area contributed by atoms with E-state index >= 15 is 0 Å². The first-order valence-electron chi connectivity index (χ1n) is 6.96. The van der Waals surface area contributed by atoms with Crippen LogP contribution in [0.15, 0.2) is 24.3 Å². The average Bonchev–Trinajstić information content (AvgIpc) is 2.37. The van der Waals surface area contributed by atoms with E-state index in [4.69, 9.17) is 4.74 Å². The van der Waals surface area contributed by atoms with Crippen LogP contribution in [0, 0.1) is 11.8 Å². The van der Waals surface area contributed by atoms with Crippen LogP contribution in [0.5, 0.6) is 5.75 Å². The Morgan fingerprint density at radius 1 is 1.16 bits per heavy atom. The molecule has 0 bridgehead atoms. The van der Waals surface area contributed by atoms with Crippen LogP contribution in [0.2, 0.25) is 0 Å². The Morgan fingerprint density at radius 3 is 2.32 bits per heavy atom. The molecular formula is C16H27NO2. The molecule has 108 valence electrons. The molecule has 0 spiro atoms. The van der Waals surface area contributed by atoms with Gasteiger partial charge in [-0.15, -0.1) is 0 Å². The highest BCUT2D eigenvalue weighted by molar-refractivity contribution is 5.36. The summed E-state index contributed by atoms with van der Waals surface area (Å²) in [6, 6.07) is 8.28. The summed E-state index contributed by atoms with van der Waals surface area (Å²) in [5.74, 6) is 1.59. The Balaban J connectivity index is 3.01. The summed E-state index contributed by atoms with van der Waals surface area (Å²) in [6.45, 7) is 7.22. The van der Waals surface area contributed by atoms with Crippen LogP contribution in [0.3, 0.4) is 0 Å². The van der Waals surface area contributed by atoms with Gasteiger partial charge in [-0.25, -0.2) is 0 Å². The Hall–Kier alpha value is -1.06. The molecule has 0 heterocycles. The Morgan fingerprint density at radius 2 is 1.79 bits per heavy atom. The fourth-order valence-electron chi connectivity index (χ4n) is 2.31. The minimum atomic E-state index is 0.161. The van der Waals surface area contributed by atoms with E-state index in [1.807, 2.05) is 32.3 Å². The van der Waals surface area contributed by atoms with E-state index in [1.54, 1.807) is 0 Å². The molecule has 1 rings (SSSR count). The SMILES string of the molecule is CC(C)COc1ccccc1C(C(C)CO)N(C)C. The molecule has 0 saturated heterocycles. The van der Waals surface area contributed by atoms with E-state index in [9.17, 15) is 5.11 Å². The van der Waals surface area contributed by atoms with Crippen molar-refractivity contribution in [1.29, 1.82) is 0 Å². The van der Waals surface area contributed by atoms with Crippen LogP contribution in [0.25, 0.3) is 0 Å². The summed E-state index contributed by atoms with van der Waals surface area (Å²) in [5, 5.41) is 9.46. The van der Waals surface area contributed by atoms with E-state index in [1.165, 1.54) is 0 Å². The molecule has 0 aliphatic heterocycles. The standard InChI is InChI=1S/C16H27NO2/c1-12(2)11-19-15-9-7-6-8-14(15)16(17(4)5)13(3)10-18/h6-9,12-13,16,18H,10-11H2,1-5H3. The molecule has 3 nitrogen and oxygen atoms in total. The first kappa shape index (κ1) is 16.0. The highest BCUT2D eigenvalue weighted by Crippen LogP contribution is 2.33. The molecule has 0 fully saturated rings. The molecular weight excluding hydrogens is 238 g/mol. The summed E-state index contributed by atoms with van der Waals surface area (Å²) in [5.41, 5.74) is 1.15. The van der Waals surface area contributed by atoms with Crippen LogP contribution < -0.4 is 4.74 Å². The molecule has 19 heavy (non-hydrogen) atoms. The first-order valence-corrected chi connectivity index (χ1v) is 6.96. The summed E-state index contributed by atoms with van der Waals surface area (Å²) in [7, 11) is 4.08. The van der Waals surface area contributed by atoms with Gasteiger partial charge in [0.15, 0.2) is 0 Å². The molecule has 2 unspecified atom stereocenters. The lowest BCUT2D eigenvalue weighted by molar-refractivity contribution is 0.141. The Labute approximate surface area is 117 Å². The molecule has 2 atom stereocenters. The van der Waals surface area contributed by atoms with Gasteiger partial charge in [0, 0.05) is 18.2 Å². The number of hydrogen-bond acceptors (Lipinski definition) is 3. The predicted octanol–water partition coefficient (Wildman–Crippen LogP) is 2.95. The number of ether oxygens (including phenoxy) is 1. The van der Waals surface area contributed by atoms with Crippen molar-refractivity contribution in [2.75, 3.05) is 27.3 Å². The lowest BCUT2D eigenvalue weighted by Crippen LogP contribution is -2.28. The van der Waals surface area contributed by atoms with Gasteiger partial charge in [-0.05, 0) is 32.0 Å². The molecule has 0 aromatic heterocycles. The van der Waals surface area contributed by atoms with Crippen LogP contribution in [0.1, 0.15) is 32.4 Å². The number of nitrogens with zero attached hydrogens (tertiary/aromatic N) is 1. The third-order valence-electron chi connectivity index (χ3n) is 3.19. The van der Waals surface area contributed by atoms with Gasteiger partial charge in [0.1, 0.15) is 5.75 Å². The van der Waals surface area contributed by atoms with Crippen molar-refractivity contribution in [1.82, 2.24) is 4.90 Å². The lowest BCUT2D eigenvalue weighted by atomic mass is 9.93. The topological polar surface area (TPSA) is 32.7 Å². The zero-order valence-corrected chi connectivity index (χ0v) is 12.8. The minimum Gasteiger partial charge on any atom is -0.493 e. The first-order chi connectivity index (χ1) is 8.97. The fourth-order valence-corrected chi connectivity index (χ4v) is 2.31. The largest absolute Gasteiger partial charge is 0.493 e. The Bertz CT molecular complexity index is 377. The van der Waals surface area contributed by atoms with Crippen molar-refractivity contribution in [2.24, 2.45) is 11.8 Å². The van der Waals surface area contributed by atoms with Crippen molar-refractivity contribution in [3.63, 3.8) is 0 Å². The van der Waals surface area contributed by atoms with Crippen molar-refractivity contribution < 1.29 is 9.84 Å². The molecule has 0 amide bonds. The van der Waals surface area contributed by atoms with Gasteiger partial charge in [-0.3, -0.25) is 0 Å². The number of aliphatic hydroxyl groups is 1. The van der Waals surface area contributed by atoms with Crippen molar-refractivity contribution in [2.45, 2.75) is 26.8 Å². The number of rotatable bonds is 7. The van der Waals surface area contributed by atoms with Crippen LogP contribution in [-0.2, 0) is 0 Å². The third-order valence-corrected chi connectivity index (χ3v) is 3.19. The summed E-state index contributed by atoms with van der Waals surface area (Å²) in [4.78, 5) is 2.14. The zero-order valence-electron chi connectivity index (χ0n) is 12.8. The van der Waals surface area contributed by atoms with Gasteiger partial charge in [-0.1, -0.05) is 39.0 Å². The summed E-state index contributed by atoms with van der Waals surface area (Å²) < 4.78 is 5.92. The molecule has 0 aliphatic rings. The summed E-state index contributed by atoms with van der Waals surface area (Å²) in [6.07, 6.45) is 0. The quantitative estimate of drug-likeness (QED) is 0.822. The lowest BCUT2D eigenvalue weighted by Gasteiger charge is -2.31. The maximum absolute atomic E-state index is 9.46. The van der Waals surface area contributed by atoms with Gasteiger partial charge in [0.05, 0.1) is 6.61 Å². The third kappa shape index (κ3) is 4.51. The van der Waals surface area contributed by atoms with E-state index in [0.717, 1.165) is 11.3 Å². The van der Waals surface area contributed by atoms with Crippen molar-refractivity contribution in [3.8, 4) is 5.75 Å². The predicted molar refractivity (Wildman–Crippen MR) is 79.5 cm³/mol. The molecule has 1 N–H and O–H groups in total. The van der Waals surface area contributed by atoms with Crippen LogP contribution in [-0.4, -0.2) is 37.3 Å². The number of aliphatic hydroxyl groups excluding tert-OH is 1. The van der Waals surface area contributed by atoms with Gasteiger partial charge >= 0.3 is 0 Å². The van der Waals surface area contributed by atoms with Crippen molar-refractivity contribution in [3.05, 3.63) is 29.8 Å². The average molecular weight is 265 g/mol. The molecule has 0 aliphatic carbocycles. The van der Waals surface area contributed by atoms with Gasteiger partial charge in [0.2, 0.25) is 0 Å². The number of benzene rings is 1. The van der Waals surface area contributed by atoms with E-state index in [2.05, 4.69) is 31.7 Å². The zero-order chi connectivity index (χ0) is 14.4. The van der Waals surface area contributed by atoms with Gasteiger partial charge < -0.3 is 14.7 Å². The molecule has 0 saturated carbocycles. The normalized spacial score (nSPS) is 14.7. The summed E-state index contributed by atoms with van der Waals surface area (Å²) >= 11 is 0. The number of hydrogen-bond donors (Lipinski definition) is 1.